The number of nitrogens with one attached hydrogen (secondary N) is 1. The molecule has 0 aliphatic heterocycles. The van der Waals surface area contributed by atoms with Crippen LogP contribution in [0, 0.1) is 11.3 Å². The number of nitriles is 1. The molecule has 1 N–H and O–H groups in total. The number of alkyl halides is 3. The van der Waals surface area contributed by atoms with E-state index in [0.29, 0.717) is 24.0 Å². The minimum Gasteiger partial charge on any atom is -0.323 e. The normalized spacial score (nSPS) is 14.8. The number of aryl methyl sites for hydroxylation is 1. The van der Waals surface area contributed by atoms with Gasteiger partial charge < -0.3 is 4.90 Å². The van der Waals surface area contributed by atoms with Crippen LogP contribution in [0.2, 0.25) is 5.02 Å². The maximum atomic E-state index is 13.4. The van der Waals surface area contributed by atoms with Gasteiger partial charge in [-0.15, -0.1) is 0 Å². The minimum absolute atomic E-state index is 0.158. The number of benzene rings is 1. The van der Waals surface area contributed by atoms with Crippen molar-refractivity contribution in [1.82, 2.24) is 24.5 Å². The fraction of sp³-hybridized carbons (Fsp3) is 0.300. The van der Waals surface area contributed by atoms with Crippen molar-refractivity contribution < 1.29 is 18.0 Å². The predicted molar refractivity (Wildman–Crippen MR) is 108 cm³/mol. The van der Waals surface area contributed by atoms with Crippen LogP contribution in [0.15, 0.2) is 35.4 Å². The lowest BCUT2D eigenvalue weighted by Crippen LogP contribution is -2.38. The standard InChI is InChI=1S/C20H16ClF3N6O2/c1-28(19(10-25)5-6-19)18(32)13-7-11(3-4-14(13)21)12-8-26-30(9-12)17-15(20(22,23)24)16(31)27-29(17)2/h3-4,7-9H,5-6H2,1-2H3,(H,27,31). The van der Waals surface area contributed by atoms with E-state index in [1.54, 1.807) is 6.07 Å². The third-order valence-corrected chi connectivity index (χ3v) is 5.86. The summed E-state index contributed by atoms with van der Waals surface area (Å²) in [5.74, 6) is -0.904. The molecule has 3 aromatic rings. The fourth-order valence-electron chi connectivity index (χ4n) is 3.53. The van der Waals surface area contributed by atoms with Gasteiger partial charge in [0.05, 0.1) is 22.9 Å². The molecule has 1 fully saturated rings. The molecule has 32 heavy (non-hydrogen) atoms. The number of aromatic nitrogens is 4. The highest BCUT2D eigenvalue weighted by Gasteiger charge is 2.49. The lowest BCUT2D eigenvalue weighted by atomic mass is 10.0. The number of hydrogen-bond acceptors (Lipinski definition) is 4. The summed E-state index contributed by atoms with van der Waals surface area (Å²) in [6.07, 6.45) is -1.09. The molecule has 1 saturated carbocycles. The molecule has 1 aliphatic carbocycles. The molecular formula is C20H16ClF3N6O2. The zero-order chi connectivity index (χ0) is 23.4. The monoisotopic (exact) mass is 464 g/mol. The van der Waals surface area contributed by atoms with Crippen LogP contribution >= 0.6 is 11.6 Å². The molecule has 12 heteroatoms. The molecule has 2 heterocycles. The minimum atomic E-state index is -4.87. The van der Waals surface area contributed by atoms with Gasteiger partial charge in [0.15, 0.2) is 11.4 Å². The van der Waals surface area contributed by atoms with E-state index in [1.807, 2.05) is 0 Å². The molecule has 0 unspecified atom stereocenters. The van der Waals surface area contributed by atoms with Crippen LogP contribution in [0.4, 0.5) is 13.2 Å². The van der Waals surface area contributed by atoms with Crippen LogP contribution in [-0.2, 0) is 13.2 Å². The molecule has 4 rings (SSSR count). The fourth-order valence-corrected chi connectivity index (χ4v) is 3.72. The van der Waals surface area contributed by atoms with Gasteiger partial charge in [0.2, 0.25) is 0 Å². The van der Waals surface area contributed by atoms with Crippen molar-refractivity contribution in [1.29, 1.82) is 5.26 Å². The van der Waals surface area contributed by atoms with E-state index in [4.69, 9.17) is 11.6 Å². The number of aromatic amines is 1. The smallest absolute Gasteiger partial charge is 0.323 e. The van der Waals surface area contributed by atoms with Crippen LogP contribution in [-0.4, -0.2) is 43.0 Å². The van der Waals surface area contributed by atoms with E-state index in [0.717, 1.165) is 9.36 Å². The molecule has 1 aromatic carbocycles. The number of rotatable bonds is 4. The summed E-state index contributed by atoms with van der Waals surface area (Å²) >= 11 is 6.21. The molecule has 0 saturated heterocycles. The largest absolute Gasteiger partial charge is 0.425 e. The molecule has 8 nitrogen and oxygen atoms in total. The van der Waals surface area contributed by atoms with Crippen LogP contribution in [0.5, 0.6) is 0 Å². The summed E-state index contributed by atoms with van der Waals surface area (Å²) in [4.78, 5) is 26.1. The average Bonchev–Trinajstić information content (AvgIpc) is 3.27. The summed E-state index contributed by atoms with van der Waals surface area (Å²) in [5, 5.41) is 15.6. The van der Waals surface area contributed by atoms with Gasteiger partial charge in [0.1, 0.15) is 5.54 Å². The zero-order valence-corrected chi connectivity index (χ0v) is 17.6. The predicted octanol–water partition coefficient (Wildman–Crippen LogP) is 3.37. The van der Waals surface area contributed by atoms with Crippen LogP contribution < -0.4 is 5.56 Å². The Balaban J connectivity index is 1.73. The summed E-state index contributed by atoms with van der Waals surface area (Å²) in [5.41, 5.74) is -2.44. The van der Waals surface area contributed by atoms with Gasteiger partial charge in [-0.05, 0) is 30.5 Å². The third kappa shape index (κ3) is 3.46. The Hall–Kier alpha value is -3.52. The van der Waals surface area contributed by atoms with Crippen molar-refractivity contribution in [3.8, 4) is 23.0 Å². The summed E-state index contributed by atoms with van der Waals surface area (Å²) in [6.45, 7) is 0. The molecule has 0 bridgehead atoms. The third-order valence-electron chi connectivity index (χ3n) is 5.53. The summed E-state index contributed by atoms with van der Waals surface area (Å²) in [7, 11) is 2.80. The number of carbonyl (C=O) groups excluding carboxylic acids is 1. The average molecular weight is 465 g/mol. The molecule has 0 spiro atoms. The molecule has 0 atom stereocenters. The molecule has 166 valence electrons. The summed E-state index contributed by atoms with van der Waals surface area (Å²) < 4.78 is 42.0. The van der Waals surface area contributed by atoms with Crippen molar-refractivity contribution in [3.63, 3.8) is 0 Å². The Morgan fingerprint density at radius 3 is 2.62 bits per heavy atom. The first-order valence-corrected chi connectivity index (χ1v) is 9.77. The molecule has 2 aromatic heterocycles. The van der Waals surface area contributed by atoms with Gasteiger partial charge in [-0.1, -0.05) is 17.7 Å². The number of halogens is 4. The Bertz CT molecular complexity index is 1330. The van der Waals surface area contributed by atoms with Crippen LogP contribution in [0.25, 0.3) is 16.9 Å². The van der Waals surface area contributed by atoms with Crippen molar-refractivity contribution in [2.75, 3.05) is 7.05 Å². The number of carbonyl (C=O) groups is 1. The first kappa shape index (κ1) is 21.7. The Labute approximate surface area is 184 Å². The second-order valence-corrected chi connectivity index (χ2v) is 7.98. The van der Waals surface area contributed by atoms with E-state index in [1.165, 1.54) is 43.5 Å². The van der Waals surface area contributed by atoms with E-state index in [-0.39, 0.29) is 10.6 Å². The van der Waals surface area contributed by atoms with E-state index in [2.05, 4.69) is 16.3 Å². The van der Waals surface area contributed by atoms with Gasteiger partial charge in [-0.3, -0.25) is 19.4 Å². The van der Waals surface area contributed by atoms with Crippen molar-refractivity contribution >= 4 is 17.5 Å². The number of H-pyrrole nitrogens is 1. The lowest BCUT2D eigenvalue weighted by molar-refractivity contribution is -0.138. The van der Waals surface area contributed by atoms with Crippen molar-refractivity contribution in [3.05, 3.63) is 57.1 Å². The Kier molecular flexibility index (Phi) is 4.93. The number of amides is 1. The molecular weight excluding hydrogens is 449 g/mol. The SMILES string of the molecule is CN(C(=O)c1cc(-c2cnn(-c3c(C(F)(F)F)c(=O)[nH]n3C)c2)ccc1Cl)C1(C#N)CC1. The topological polar surface area (TPSA) is 99.7 Å². The van der Waals surface area contributed by atoms with Gasteiger partial charge in [-0.25, -0.2) is 4.68 Å². The van der Waals surface area contributed by atoms with Gasteiger partial charge >= 0.3 is 6.18 Å². The molecule has 1 aliphatic rings. The second kappa shape index (κ2) is 7.27. The van der Waals surface area contributed by atoms with E-state index in [9.17, 15) is 28.0 Å². The van der Waals surface area contributed by atoms with Gasteiger partial charge in [-0.2, -0.15) is 23.5 Å². The highest BCUT2D eigenvalue weighted by atomic mass is 35.5. The van der Waals surface area contributed by atoms with Gasteiger partial charge in [0, 0.05) is 25.9 Å². The highest BCUT2D eigenvalue weighted by molar-refractivity contribution is 6.34. The van der Waals surface area contributed by atoms with Crippen LogP contribution in [0.1, 0.15) is 28.8 Å². The van der Waals surface area contributed by atoms with Crippen LogP contribution in [0.3, 0.4) is 0 Å². The number of hydrogen-bond donors (Lipinski definition) is 1. The molecule has 1 amide bonds. The Morgan fingerprint density at radius 1 is 1.34 bits per heavy atom. The first-order chi connectivity index (χ1) is 15.0. The first-order valence-electron chi connectivity index (χ1n) is 9.39. The van der Waals surface area contributed by atoms with Crippen molar-refractivity contribution in [2.45, 2.75) is 24.6 Å². The quantitative estimate of drug-likeness (QED) is 0.639. The van der Waals surface area contributed by atoms with E-state index < -0.39 is 34.6 Å². The number of nitrogens with zero attached hydrogens (tertiary/aromatic N) is 5. The lowest BCUT2D eigenvalue weighted by Gasteiger charge is -2.23. The maximum Gasteiger partial charge on any atom is 0.425 e. The van der Waals surface area contributed by atoms with Gasteiger partial charge in [0.25, 0.3) is 11.5 Å². The Morgan fingerprint density at radius 2 is 2.03 bits per heavy atom. The highest BCUT2D eigenvalue weighted by Crippen LogP contribution is 2.41. The van der Waals surface area contributed by atoms with E-state index >= 15 is 0 Å². The van der Waals surface area contributed by atoms with Crippen molar-refractivity contribution in [2.24, 2.45) is 7.05 Å². The summed E-state index contributed by atoms with van der Waals surface area (Å²) in [6, 6.07) is 6.73. The second-order valence-electron chi connectivity index (χ2n) is 7.57. The zero-order valence-electron chi connectivity index (χ0n) is 16.9. The molecule has 0 radical (unpaired) electrons. The maximum absolute atomic E-state index is 13.4.